The summed E-state index contributed by atoms with van der Waals surface area (Å²) in [6.07, 6.45) is 2.62. The number of benzene rings is 3. The zero-order valence-corrected chi connectivity index (χ0v) is 25.1. The standard InChI is InChI=1S/C36H39N3O3/c1-6-28-19-20-30(38(24-26-14-9-7-10-15-26)25-27-16-11-8-12-17-27)22-29(28)23-36(34(41)42-5)31-18-13-21-37-32(31)39(33(36)40)35(2,3)4/h7-22H,6,23-25H2,1-5H3. The van der Waals surface area contributed by atoms with Crippen LogP contribution in [0.25, 0.3) is 0 Å². The Morgan fingerprint density at radius 3 is 2.05 bits per heavy atom. The lowest BCUT2D eigenvalue weighted by Crippen LogP contribution is -2.53. The quantitative estimate of drug-likeness (QED) is 0.169. The molecule has 1 aromatic heterocycles. The first kappa shape index (κ1) is 29.1. The smallest absolute Gasteiger partial charge is 0.326 e. The topological polar surface area (TPSA) is 62.7 Å². The fraction of sp³-hybridized carbons (Fsp3) is 0.306. The first-order valence-electron chi connectivity index (χ1n) is 14.5. The highest BCUT2D eigenvalue weighted by Crippen LogP contribution is 2.47. The molecule has 1 amide bonds. The lowest BCUT2D eigenvalue weighted by atomic mass is 9.75. The predicted molar refractivity (Wildman–Crippen MR) is 167 cm³/mol. The summed E-state index contributed by atoms with van der Waals surface area (Å²) in [6.45, 7) is 9.40. The van der Waals surface area contributed by atoms with Crippen LogP contribution in [-0.2, 0) is 45.7 Å². The van der Waals surface area contributed by atoms with Gasteiger partial charge in [-0.3, -0.25) is 14.5 Å². The Morgan fingerprint density at radius 2 is 1.50 bits per heavy atom. The minimum Gasteiger partial charge on any atom is -0.468 e. The summed E-state index contributed by atoms with van der Waals surface area (Å²) in [4.78, 5) is 36.8. The van der Waals surface area contributed by atoms with Crippen LogP contribution in [0.3, 0.4) is 0 Å². The molecule has 0 radical (unpaired) electrons. The lowest BCUT2D eigenvalue weighted by molar-refractivity contribution is -0.151. The second-order valence-corrected chi connectivity index (χ2v) is 11.9. The number of hydrogen-bond donors (Lipinski definition) is 0. The second-order valence-electron chi connectivity index (χ2n) is 11.9. The third kappa shape index (κ3) is 5.41. The van der Waals surface area contributed by atoms with Crippen LogP contribution in [0, 0.1) is 0 Å². The maximum absolute atomic E-state index is 14.4. The predicted octanol–water partition coefficient (Wildman–Crippen LogP) is 6.65. The zero-order chi connectivity index (χ0) is 29.9. The van der Waals surface area contributed by atoms with Crippen LogP contribution in [0.1, 0.15) is 55.5 Å². The van der Waals surface area contributed by atoms with Gasteiger partial charge >= 0.3 is 5.97 Å². The third-order valence-electron chi connectivity index (χ3n) is 8.06. The van der Waals surface area contributed by atoms with Crippen LogP contribution >= 0.6 is 0 Å². The van der Waals surface area contributed by atoms with Gasteiger partial charge in [0.1, 0.15) is 5.82 Å². The molecule has 0 N–H and O–H groups in total. The van der Waals surface area contributed by atoms with Gasteiger partial charge in [-0.2, -0.15) is 0 Å². The largest absolute Gasteiger partial charge is 0.468 e. The van der Waals surface area contributed by atoms with Crippen molar-refractivity contribution in [3.05, 3.63) is 125 Å². The van der Waals surface area contributed by atoms with Gasteiger partial charge in [-0.25, -0.2) is 4.98 Å². The number of fused-ring (bicyclic) bond motifs is 1. The Morgan fingerprint density at radius 1 is 0.881 bits per heavy atom. The highest BCUT2D eigenvalue weighted by atomic mass is 16.5. The number of nitrogens with zero attached hydrogens (tertiary/aromatic N) is 3. The maximum atomic E-state index is 14.4. The van der Waals surface area contributed by atoms with Crippen LogP contribution in [-0.4, -0.2) is 29.5 Å². The SMILES string of the molecule is CCc1ccc(N(Cc2ccccc2)Cc2ccccc2)cc1CC1(C(=O)OC)C(=O)N(C(C)(C)C)c2ncccc21. The van der Waals surface area contributed by atoms with E-state index in [0.717, 1.165) is 23.2 Å². The van der Waals surface area contributed by atoms with E-state index in [9.17, 15) is 9.59 Å². The number of anilines is 2. The van der Waals surface area contributed by atoms with Crippen LogP contribution in [0.4, 0.5) is 11.5 Å². The van der Waals surface area contributed by atoms with Gasteiger partial charge in [0.25, 0.3) is 5.91 Å². The number of aryl methyl sites for hydroxylation is 1. The second kappa shape index (κ2) is 11.8. The lowest BCUT2D eigenvalue weighted by Gasteiger charge is -2.34. The Bertz CT molecular complexity index is 1520. The number of amides is 1. The number of ether oxygens (including phenoxy) is 1. The van der Waals surface area contributed by atoms with E-state index in [0.29, 0.717) is 24.5 Å². The molecule has 0 aliphatic carbocycles. The fourth-order valence-electron chi connectivity index (χ4n) is 6.00. The Balaban J connectivity index is 1.62. The van der Waals surface area contributed by atoms with E-state index in [1.54, 1.807) is 17.2 Å². The minimum atomic E-state index is -1.53. The number of hydrogen-bond acceptors (Lipinski definition) is 5. The van der Waals surface area contributed by atoms with Crippen molar-refractivity contribution in [3.8, 4) is 0 Å². The van der Waals surface area contributed by atoms with Crippen molar-refractivity contribution in [1.82, 2.24) is 4.98 Å². The zero-order valence-electron chi connectivity index (χ0n) is 25.1. The Labute approximate surface area is 249 Å². The molecule has 4 aromatic rings. The third-order valence-corrected chi connectivity index (χ3v) is 8.06. The summed E-state index contributed by atoms with van der Waals surface area (Å²) >= 11 is 0. The van der Waals surface area contributed by atoms with Gasteiger partial charge in [-0.15, -0.1) is 0 Å². The van der Waals surface area contributed by atoms with E-state index in [1.165, 1.54) is 18.2 Å². The van der Waals surface area contributed by atoms with Crippen LogP contribution < -0.4 is 9.80 Å². The molecule has 1 aliphatic rings. The van der Waals surface area contributed by atoms with Crippen molar-refractivity contribution >= 4 is 23.4 Å². The summed E-state index contributed by atoms with van der Waals surface area (Å²) in [5.41, 5.74) is 3.96. The number of rotatable bonds is 9. The summed E-state index contributed by atoms with van der Waals surface area (Å²) in [5, 5.41) is 0. The molecule has 42 heavy (non-hydrogen) atoms. The molecule has 1 atom stereocenters. The van der Waals surface area contributed by atoms with Gasteiger partial charge in [0.15, 0.2) is 5.41 Å². The molecule has 0 saturated carbocycles. The van der Waals surface area contributed by atoms with Crippen molar-refractivity contribution in [3.63, 3.8) is 0 Å². The van der Waals surface area contributed by atoms with Gasteiger partial charge in [0.2, 0.25) is 0 Å². The van der Waals surface area contributed by atoms with E-state index in [1.807, 2.05) is 39.0 Å². The first-order valence-corrected chi connectivity index (χ1v) is 14.5. The monoisotopic (exact) mass is 561 g/mol. The molecule has 0 saturated heterocycles. The molecule has 1 aliphatic heterocycles. The van der Waals surface area contributed by atoms with E-state index < -0.39 is 16.9 Å². The molecule has 6 nitrogen and oxygen atoms in total. The van der Waals surface area contributed by atoms with E-state index in [4.69, 9.17) is 4.74 Å². The van der Waals surface area contributed by atoms with Crippen molar-refractivity contribution in [2.45, 2.75) is 64.6 Å². The fourth-order valence-corrected chi connectivity index (χ4v) is 6.00. The van der Waals surface area contributed by atoms with E-state index in [-0.39, 0.29) is 12.3 Å². The van der Waals surface area contributed by atoms with Crippen molar-refractivity contribution in [2.24, 2.45) is 0 Å². The van der Waals surface area contributed by atoms with Crippen LogP contribution in [0.2, 0.25) is 0 Å². The molecule has 6 heteroatoms. The van der Waals surface area contributed by atoms with Gasteiger partial charge in [-0.1, -0.05) is 79.7 Å². The highest BCUT2D eigenvalue weighted by molar-refractivity contribution is 6.20. The molecular weight excluding hydrogens is 522 g/mol. The van der Waals surface area contributed by atoms with Crippen LogP contribution in [0.15, 0.2) is 97.2 Å². The maximum Gasteiger partial charge on any atom is 0.326 e. The van der Waals surface area contributed by atoms with Gasteiger partial charge in [-0.05, 0) is 67.6 Å². The molecule has 5 rings (SSSR count). The van der Waals surface area contributed by atoms with Crippen molar-refractivity contribution < 1.29 is 14.3 Å². The average molecular weight is 562 g/mol. The molecule has 0 bridgehead atoms. The summed E-state index contributed by atoms with van der Waals surface area (Å²) in [6, 6.07) is 30.9. The number of pyridine rings is 1. The molecule has 0 fully saturated rings. The van der Waals surface area contributed by atoms with Crippen molar-refractivity contribution in [1.29, 1.82) is 0 Å². The molecule has 216 valence electrons. The number of carbonyl (C=O) groups is 2. The average Bonchev–Trinajstić information content (AvgIpc) is 3.25. The van der Waals surface area contributed by atoms with Gasteiger partial charge < -0.3 is 9.64 Å². The molecular formula is C36H39N3O3. The van der Waals surface area contributed by atoms with Gasteiger partial charge in [0, 0.05) is 42.5 Å². The molecule has 3 aromatic carbocycles. The van der Waals surface area contributed by atoms with Gasteiger partial charge in [0.05, 0.1) is 7.11 Å². The normalized spacial score (nSPS) is 16.3. The first-order chi connectivity index (χ1) is 20.2. The minimum absolute atomic E-state index is 0.186. The molecule has 1 unspecified atom stereocenters. The Hall–Kier alpha value is -4.45. The number of esters is 1. The molecule has 0 spiro atoms. The number of carbonyl (C=O) groups excluding carboxylic acids is 2. The number of methoxy groups -OCH3 is 1. The van der Waals surface area contributed by atoms with E-state index >= 15 is 0 Å². The highest BCUT2D eigenvalue weighted by Gasteiger charge is 2.60. The summed E-state index contributed by atoms with van der Waals surface area (Å²) in [7, 11) is 1.35. The Kier molecular flexibility index (Phi) is 8.17. The van der Waals surface area contributed by atoms with E-state index in [2.05, 4.69) is 83.5 Å². The van der Waals surface area contributed by atoms with Crippen molar-refractivity contribution in [2.75, 3.05) is 16.9 Å². The molecule has 2 heterocycles. The number of aromatic nitrogens is 1. The van der Waals surface area contributed by atoms with Crippen LogP contribution in [0.5, 0.6) is 0 Å². The summed E-state index contributed by atoms with van der Waals surface area (Å²) < 4.78 is 5.38. The summed E-state index contributed by atoms with van der Waals surface area (Å²) in [5.74, 6) is -0.343.